The van der Waals surface area contributed by atoms with Crippen molar-refractivity contribution in [3.05, 3.63) is 106 Å². The van der Waals surface area contributed by atoms with Gasteiger partial charge in [0.05, 0.1) is 15.7 Å². The van der Waals surface area contributed by atoms with E-state index in [1.807, 2.05) is 30.3 Å². The Kier molecular flexibility index (Phi) is 8.13. The number of ether oxygens (including phenoxy) is 2. The van der Waals surface area contributed by atoms with Crippen LogP contribution < -0.4 is 19.7 Å². The van der Waals surface area contributed by atoms with Crippen molar-refractivity contribution in [3.63, 3.8) is 0 Å². The summed E-state index contributed by atoms with van der Waals surface area (Å²) in [6.07, 6.45) is 2.90. The molecule has 188 valence electrons. The van der Waals surface area contributed by atoms with Crippen LogP contribution in [-0.4, -0.2) is 35.9 Å². The number of para-hydroxylation sites is 2. The number of hydrogen-bond donors (Lipinski definition) is 1. The normalized spacial score (nSPS) is 15.0. The van der Waals surface area contributed by atoms with E-state index in [1.165, 1.54) is 11.0 Å². The first kappa shape index (κ1) is 26.2. The van der Waals surface area contributed by atoms with Gasteiger partial charge < -0.3 is 14.4 Å². The minimum absolute atomic E-state index is 0.0444. The fraction of sp³-hybridized carbons (Fsp3) is 0.0741. The van der Waals surface area contributed by atoms with Crippen molar-refractivity contribution < 1.29 is 19.1 Å². The summed E-state index contributed by atoms with van der Waals surface area (Å²) < 4.78 is 11.7. The Bertz CT molecular complexity index is 1390. The molecule has 3 aromatic carbocycles. The lowest BCUT2D eigenvalue weighted by Gasteiger charge is -2.29. The van der Waals surface area contributed by atoms with Gasteiger partial charge in [-0.25, -0.2) is 0 Å². The van der Waals surface area contributed by atoms with Crippen molar-refractivity contribution in [1.82, 2.24) is 10.2 Å². The number of nitrogens with one attached hydrogen (secondary N) is 1. The second-order valence-electron chi connectivity index (χ2n) is 8.01. The predicted molar refractivity (Wildman–Crippen MR) is 148 cm³/mol. The van der Waals surface area contributed by atoms with Gasteiger partial charge in [-0.05, 0) is 60.7 Å². The number of hydrogen-bond acceptors (Lipinski definition) is 6. The first-order valence-electron chi connectivity index (χ1n) is 11.0. The van der Waals surface area contributed by atoms with Crippen LogP contribution >= 0.6 is 35.4 Å². The number of allylic oxidation sites excluding steroid dienone is 1. The number of thiocarbonyl (C=S) groups is 1. The van der Waals surface area contributed by atoms with Crippen molar-refractivity contribution in [3.8, 4) is 17.2 Å². The van der Waals surface area contributed by atoms with Crippen LogP contribution in [0.4, 0.5) is 5.69 Å². The van der Waals surface area contributed by atoms with E-state index < -0.39 is 11.8 Å². The Hall–Kier alpha value is -3.85. The van der Waals surface area contributed by atoms with E-state index >= 15 is 0 Å². The van der Waals surface area contributed by atoms with E-state index in [1.54, 1.807) is 67.7 Å². The Morgan fingerprint density at radius 3 is 2.16 bits per heavy atom. The first-order valence-corrected chi connectivity index (χ1v) is 12.1. The van der Waals surface area contributed by atoms with Crippen LogP contribution in [0.25, 0.3) is 0 Å². The maximum Gasteiger partial charge on any atom is 0.270 e. The van der Waals surface area contributed by atoms with Gasteiger partial charge in [0.2, 0.25) is 0 Å². The molecule has 2 amide bonds. The third kappa shape index (κ3) is 6.29. The Labute approximate surface area is 229 Å². The van der Waals surface area contributed by atoms with Gasteiger partial charge in [0, 0.05) is 26.4 Å². The number of benzene rings is 3. The molecule has 1 heterocycles. The number of carbonyl (C=O) groups excluding carboxylic acids is 2. The molecule has 0 bridgehead atoms. The standard InChI is InChI=1S/C27H21Cl2N3O4S/c1-31(2)16-20(36-24-22(28)9-6-10-23(24)29)15-21-25(33)30-27(37)32(26(21)34)17-11-13-19(14-12-17)35-18-7-4-3-5-8-18/h3-16H,1-2H3,(H,30,33,37)/b20-16+,21-15+. The Morgan fingerprint density at radius 1 is 0.919 bits per heavy atom. The summed E-state index contributed by atoms with van der Waals surface area (Å²) in [4.78, 5) is 29.2. The third-order valence-electron chi connectivity index (χ3n) is 4.99. The van der Waals surface area contributed by atoms with Gasteiger partial charge in [-0.1, -0.05) is 47.5 Å². The molecule has 0 spiro atoms. The lowest BCUT2D eigenvalue weighted by Crippen LogP contribution is -2.54. The summed E-state index contributed by atoms with van der Waals surface area (Å²) in [5.41, 5.74) is 0.268. The molecule has 1 saturated heterocycles. The average Bonchev–Trinajstić information content (AvgIpc) is 2.85. The van der Waals surface area contributed by atoms with E-state index in [9.17, 15) is 9.59 Å². The molecule has 0 radical (unpaired) electrons. The second-order valence-corrected chi connectivity index (χ2v) is 9.22. The largest absolute Gasteiger partial charge is 0.457 e. The summed E-state index contributed by atoms with van der Waals surface area (Å²) in [6, 6.07) is 21.0. The quantitative estimate of drug-likeness (QED) is 0.169. The molecular weight excluding hydrogens is 533 g/mol. The van der Waals surface area contributed by atoms with Crippen LogP contribution in [-0.2, 0) is 9.59 Å². The smallest absolute Gasteiger partial charge is 0.270 e. The zero-order valence-electron chi connectivity index (χ0n) is 19.8. The zero-order valence-corrected chi connectivity index (χ0v) is 22.1. The zero-order chi connectivity index (χ0) is 26.5. The van der Waals surface area contributed by atoms with Crippen LogP contribution in [0, 0.1) is 0 Å². The topological polar surface area (TPSA) is 71.1 Å². The molecule has 0 atom stereocenters. The van der Waals surface area contributed by atoms with Crippen LogP contribution in [0.1, 0.15) is 0 Å². The third-order valence-corrected chi connectivity index (χ3v) is 5.87. The Morgan fingerprint density at radius 2 is 1.54 bits per heavy atom. The van der Waals surface area contributed by atoms with Gasteiger partial charge >= 0.3 is 0 Å². The second kappa shape index (κ2) is 11.5. The molecule has 1 aliphatic rings. The van der Waals surface area contributed by atoms with Crippen molar-refractivity contribution in [2.75, 3.05) is 19.0 Å². The van der Waals surface area contributed by atoms with E-state index in [0.717, 1.165) is 0 Å². The van der Waals surface area contributed by atoms with Crippen molar-refractivity contribution >= 4 is 58.0 Å². The summed E-state index contributed by atoms with van der Waals surface area (Å²) in [5, 5.41) is 3.06. The van der Waals surface area contributed by atoms with Gasteiger partial charge in [0.1, 0.15) is 22.8 Å². The van der Waals surface area contributed by atoms with Crippen LogP contribution in [0.15, 0.2) is 96.4 Å². The van der Waals surface area contributed by atoms with E-state index in [0.29, 0.717) is 17.2 Å². The lowest BCUT2D eigenvalue weighted by molar-refractivity contribution is -0.122. The highest BCUT2D eigenvalue weighted by atomic mass is 35.5. The molecule has 7 nitrogen and oxygen atoms in total. The number of rotatable bonds is 7. The monoisotopic (exact) mass is 553 g/mol. The number of halogens is 2. The lowest BCUT2D eigenvalue weighted by atomic mass is 10.1. The van der Waals surface area contributed by atoms with Gasteiger partial charge in [0.25, 0.3) is 11.8 Å². The highest BCUT2D eigenvalue weighted by Gasteiger charge is 2.35. The maximum atomic E-state index is 13.5. The van der Waals surface area contributed by atoms with Crippen molar-refractivity contribution in [2.24, 2.45) is 0 Å². The molecule has 1 N–H and O–H groups in total. The molecule has 0 saturated carbocycles. The highest BCUT2D eigenvalue weighted by molar-refractivity contribution is 7.80. The Balaban J connectivity index is 1.63. The molecule has 0 unspecified atom stereocenters. The summed E-state index contributed by atoms with van der Waals surface area (Å²) in [5.74, 6) is 0.332. The fourth-order valence-corrected chi connectivity index (χ4v) is 4.12. The van der Waals surface area contributed by atoms with Crippen molar-refractivity contribution in [2.45, 2.75) is 0 Å². The number of nitrogens with zero attached hydrogens (tertiary/aromatic N) is 2. The predicted octanol–water partition coefficient (Wildman–Crippen LogP) is 5.94. The fourth-order valence-electron chi connectivity index (χ4n) is 3.37. The maximum absolute atomic E-state index is 13.5. The summed E-state index contributed by atoms with van der Waals surface area (Å²) >= 11 is 17.8. The van der Waals surface area contributed by atoms with Crippen LogP contribution in [0.3, 0.4) is 0 Å². The van der Waals surface area contributed by atoms with Crippen LogP contribution in [0.2, 0.25) is 10.0 Å². The molecule has 10 heteroatoms. The van der Waals surface area contributed by atoms with Crippen LogP contribution in [0.5, 0.6) is 17.2 Å². The van der Waals surface area contributed by atoms with E-state index in [-0.39, 0.29) is 32.2 Å². The molecule has 0 aromatic heterocycles. The summed E-state index contributed by atoms with van der Waals surface area (Å²) in [7, 11) is 3.53. The highest BCUT2D eigenvalue weighted by Crippen LogP contribution is 2.34. The minimum atomic E-state index is -0.659. The first-order chi connectivity index (χ1) is 17.7. The molecule has 4 rings (SSSR count). The molecule has 1 aliphatic heterocycles. The van der Waals surface area contributed by atoms with E-state index in [4.69, 9.17) is 44.9 Å². The van der Waals surface area contributed by atoms with Gasteiger partial charge in [0.15, 0.2) is 10.9 Å². The molecule has 3 aromatic rings. The number of carbonyl (C=O) groups is 2. The van der Waals surface area contributed by atoms with Gasteiger partial charge in [-0.2, -0.15) is 0 Å². The average molecular weight is 554 g/mol. The van der Waals surface area contributed by atoms with Gasteiger partial charge in [-0.15, -0.1) is 0 Å². The number of anilines is 1. The molecule has 37 heavy (non-hydrogen) atoms. The minimum Gasteiger partial charge on any atom is -0.457 e. The molecular formula is C27H21Cl2N3O4S. The van der Waals surface area contributed by atoms with E-state index in [2.05, 4.69) is 5.32 Å². The molecule has 0 aliphatic carbocycles. The SMILES string of the molecule is CN(C)/C=C(\C=C1/C(=O)NC(=S)N(c2ccc(Oc3ccccc3)cc2)C1=O)Oc1c(Cl)cccc1Cl. The number of amides is 2. The molecule has 1 fully saturated rings. The van der Waals surface area contributed by atoms with Crippen molar-refractivity contribution in [1.29, 1.82) is 0 Å². The van der Waals surface area contributed by atoms with Gasteiger partial charge in [-0.3, -0.25) is 19.8 Å². The summed E-state index contributed by atoms with van der Waals surface area (Å²) in [6.45, 7) is 0.